The number of hydrogen-bond donors (Lipinski definition) is 0. The van der Waals surface area contributed by atoms with Crippen LogP contribution >= 0.6 is 11.6 Å². The van der Waals surface area contributed by atoms with Crippen molar-refractivity contribution in [2.45, 2.75) is 11.8 Å². The van der Waals surface area contributed by atoms with Crippen LogP contribution in [0.15, 0.2) is 47.4 Å². The Bertz CT molecular complexity index is 849. The van der Waals surface area contributed by atoms with Crippen molar-refractivity contribution in [1.82, 2.24) is 4.31 Å². The van der Waals surface area contributed by atoms with Crippen molar-refractivity contribution in [3.05, 3.63) is 58.9 Å². The van der Waals surface area contributed by atoms with E-state index in [-0.39, 0.29) is 5.02 Å². The molecule has 0 aliphatic carbocycles. The second-order valence-electron chi connectivity index (χ2n) is 5.76. The SMILES string of the molecule is Cc1ccccc1S(=O)(=O)N1CCN(c2ccc(F)c(Cl)c2)CC1. The summed E-state index contributed by atoms with van der Waals surface area (Å²) in [5, 5.41) is 0.0717. The monoisotopic (exact) mass is 368 g/mol. The number of rotatable bonds is 3. The van der Waals surface area contributed by atoms with Gasteiger partial charge >= 0.3 is 0 Å². The molecule has 1 aliphatic rings. The first-order valence-electron chi connectivity index (χ1n) is 7.65. The normalized spacial score (nSPS) is 16.4. The van der Waals surface area contributed by atoms with Crippen molar-refractivity contribution < 1.29 is 12.8 Å². The van der Waals surface area contributed by atoms with Crippen LogP contribution in [0.3, 0.4) is 0 Å². The molecule has 128 valence electrons. The first kappa shape index (κ1) is 17.2. The topological polar surface area (TPSA) is 40.6 Å². The van der Waals surface area contributed by atoms with Crippen LogP contribution < -0.4 is 4.90 Å². The lowest BCUT2D eigenvalue weighted by Crippen LogP contribution is -2.48. The summed E-state index contributed by atoms with van der Waals surface area (Å²) in [5.74, 6) is -0.457. The van der Waals surface area contributed by atoms with Gasteiger partial charge in [0.1, 0.15) is 5.82 Å². The van der Waals surface area contributed by atoms with Crippen LogP contribution in [-0.2, 0) is 10.0 Å². The summed E-state index contributed by atoms with van der Waals surface area (Å²) in [6.07, 6.45) is 0. The molecule has 2 aromatic carbocycles. The number of hydrogen-bond acceptors (Lipinski definition) is 3. The van der Waals surface area contributed by atoms with Gasteiger partial charge in [-0.2, -0.15) is 4.31 Å². The summed E-state index contributed by atoms with van der Waals surface area (Å²) in [6.45, 7) is 3.63. The van der Waals surface area contributed by atoms with Crippen molar-refractivity contribution in [3.8, 4) is 0 Å². The predicted octanol–water partition coefficient (Wildman–Crippen LogP) is 3.30. The molecule has 0 radical (unpaired) electrons. The summed E-state index contributed by atoms with van der Waals surface area (Å²) >= 11 is 5.82. The minimum Gasteiger partial charge on any atom is -0.369 e. The molecule has 0 spiro atoms. The Kier molecular flexibility index (Phi) is 4.80. The van der Waals surface area contributed by atoms with Crippen LogP contribution in [0.1, 0.15) is 5.56 Å². The van der Waals surface area contributed by atoms with Crippen molar-refractivity contribution in [3.63, 3.8) is 0 Å². The molecule has 0 unspecified atom stereocenters. The fraction of sp³-hybridized carbons (Fsp3) is 0.294. The summed E-state index contributed by atoms with van der Waals surface area (Å²) in [5.41, 5.74) is 1.54. The Labute approximate surface area is 146 Å². The summed E-state index contributed by atoms with van der Waals surface area (Å²) < 4.78 is 40.3. The third kappa shape index (κ3) is 3.27. The zero-order valence-corrected chi connectivity index (χ0v) is 14.8. The standard InChI is InChI=1S/C17H18ClFN2O2S/c1-13-4-2-3-5-17(13)24(22,23)21-10-8-20(9-11-21)14-6-7-16(19)15(18)12-14/h2-7,12H,8-11H2,1H3. The van der Waals surface area contributed by atoms with Gasteiger partial charge in [0.2, 0.25) is 10.0 Å². The van der Waals surface area contributed by atoms with E-state index in [1.165, 1.54) is 10.4 Å². The molecule has 1 saturated heterocycles. The molecule has 0 saturated carbocycles. The van der Waals surface area contributed by atoms with E-state index >= 15 is 0 Å². The van der Waals surface area contributed by atoms with Crippen LogP contribution in [0.2, 0.25) is 5.02 Å². The highest BCUT2D eigenvalue weighted by Crippen LogP contribution is 2.26. The molecule has 0 amide bonds. The smallest absolute Gasteiger partial charge is 0.243 e. The molecule has 0 aromatic heterocycles. The lowest BCUT2D eigenvalue weighted by atomic mass is 10.2. The Balaban J connectivity index is 1.75. The van der Waals surface area contributed by atoms with Crippen LogP contribution in [0.25, 0.3) is 0 Å². The van der Waals surface area contributed by atoms with Gasteiger partial charge in [-0.05, 0) is 36.8 Å². The van der Waals surface area contributed by atoms with Gasteiger partial charge in [-0.25, -0.2) is 12.8 Å². The van der Waals surface area contributed by atoms with Gasteiger partial charge in [-0.3, -0.25) is 0 Å². The average Bonchev–Trinajstić information content (AvgIpc) is 2.58. The van der Waals surface area contributed by atoms with Crippen molar-refractivity contribution in [2.24, 2.45) is 0 Å². The zero-order valence-electron chi connectivity index (χ0n) is 13.2. The molecule has 1 aliphatic heterocycles. The van der Waals surface area contributed by atoms with E-state index in [2.05, 4.69) is 0 Å². The Morgan fingerprint density at radius 1 is 1.04 bits per heavy atom. The van der Waals surface area contributed by atoms with E-state index in [1.807, 2.05) is 11.0 Å². The van der Waals surface area contributed by atoms with Crippen molar-refractivity contribution in [2.75, 3.05) is 31.1 Å². The minimum atomic E-state index is -3.49. The van der Waals surface area contributed by atoms with E-state index in [1.54, 1.807) is 37.3 Å². The minimum absolute atomic E-state index is 0.0717. The molecule has 7 heteroatoms. The lowest BCUT2D eigenvalue weighted by Gasteiger charge is -2.35. The fourth-order valence-corrected chi connectivity index (χ4v) is 4.68. The molecule has 2 aromatic rings. The van der Waals surface area contributed by atoms with Gasteiger partial charge in [-0.15, -0.1) is 0 Å². The number of halogens is 2. The van der Waals surface area contributed by atoms with Crippen LogP contribution in [-0.4, -0.2) is 38.9 Å². The highest BCUT2D eigenvalue weighted by Gasteiger charge is 2.29. The third-order valence-electron chi connectivity index (χ3n) is 4.22. The van der Waals surface area contributed by atoms with E-state index in [0.717, 1.165) is 11.3 Å². The van der Waals surface area contributed by atoms with Gasteiger partial charge < -0.3 is 4.90 Å². The number of anilines is 1. The Morgan fingerprint density at radius 2 is 1.71 bits per heavy atom. The van der Waals surface area contributed by atoms with Gasteiger partial charge in [0.25, 0.3) is 0 Å². The van der Waals surface area contributed by atoms with Gasteiger partial charge in [0.15, 0.2) is 0 Å². The van der Waals surface area contributed by atoms with E-state index in [9.17, 15) is 12.8 Å². The summed E-state index contributed by atoms with van der Waals surface area (Å²) in [4.78, 5) is 2.36. The van der Waals surface area contributed by atoms with Crippen LogP contribution in [0.5, 0.6) is 0 Å². The maximum atomic E-state index is 13.3. The first-order chi connectivity index (χ1) is 11.4. The van der Waals surface area contributed by atoms with E-state index in [0.29, 0.717) is 31.1 Å². The van der Waals surface area contributed by atoms with Crippen LogP contribution in [0, 0.1) is 12.7 Å². The number of sulfonamides is 1. The molecule has 0 bridgehead atoms. The maximum Gasteiger partial charge on any atom is 0.243 e. The van der Waals surface area contributed by atoms with Crippen LogP contribution in [0.4, 0.5) is 10.1 Å². The van der Waals surface area contributed by atoms with Crippen molar-refractivity contribution >= 4 is 27.3 Å². The van der Waals surface area contributed by atoms with E-state index in [4.69, 9.17) is 11.6 Å². The molecule has 24 heavy (non-hydrogen) atoms. The molecule has 0 N–H and O–H groups in total. The fourth-order valence-electron chi connectivity index (χ4n) is 2.85. The number of benzene rings is 2. The molecule has 0 atom stereocenters. The van der Waals surface area contributed by atoms with Gasteiger partial charge in [-0.1, -0.05) is 29.8 Å². The second-order valence-corrected chi connectivity index (χ2v) is 8.07. The number of aryl methyl sites for hydroxylation is 1. The molecular formula is C17H18ClFN2O2S. The van der Waals surface area contributed by atoms with Gasteiger partial charge in [0, 0.05) is 31.9 Å². The largest absolute Gasteiger partial charge is 0.369 e. The first-order valence-corrected chi connectivity index (χ1v) is 9.47. The lowest BCUT2D eigenvalue weighted by molar-refractivity contribution is 0.384. The quantitative estimate of drug-likeness (QED) is 0.834. The molecule has 1 heterocycles. The molecular weight excluding hydrogens is 351 g/mol. The Hall–Kier alpha value is -1.63. The average molecular weight is 369 g/mol. The predicted molar refractivity (Wildman–Crippen MR) is 93.6 cm³/mol. The third-order valence-corrected chi connectivity index (χ3v) is 6.57. The number of nitrogens with zero attached hydrogens (tertiary/aromatic N) is 2. The second kappa shape index (κ2) is 6.70. The van der Waals surface area contributed by atoms with E-state index < -0.39 is 15.8 Å². The summed E-state index contributed by atoms with van der Waals surface area (Å²) in [7, 11) is -3.49. The highest BCUT2D eigenvalue weighted by molar-refractivity contribution is 7.89. The summed E-state index contributed by atoms with van der Waals surface area (Å²) in [6, 6.07) is 11.5. The zero-order chi connectivity index (χ0) is 17.3. The molecule has 1 fully saturated rings. The Morgan fingerprint density at radius 3 is 2.33 bits per heavy atom. The molecule has 3 rings (SSSR count). The maximum absolute atomic E-state index is 13.3. The molecule has 4 nitrogen and oxygen atoms in total. The number of piperazine rings is 1. The van der Waals surface area contributed by atoms with Gasteiger partial charge in [0.05, 0.1) is 9.92 Å². The highest BCUT2D eigenvalue weighted by atomic mass is 35.5. The van der Waals surface area contributed by atoms with Crippen molar-refractivity contribution in [1.29, 1.82) is 0 Å².